The van der Waals surface area contributed by atoms with Crippen LogP contribution >= 0.6 is 0 Å². The molecule has 172 valence electrons. The predicted molar refractivity (Wildman–Crippen MR) is 128 cm³/mol. The van der Waals surface area contributed by atoms with Crippen LogP contribution in [0.5, 0.6) is 0 Å². The molecule has 1 saturated heterocycles. The normalized spacial score (nSPS) is 18.2. The summed E-state index contributed by atoms with van der Waals surface area (Å²) in [5.41, 5.74) is 2.61. The zero-order chi connectivity index (χ0) is 23.2. The van der Waals surface area contributed by atoms with E-state index in [2.05, 4.69) is 5.32 Å². The van der Waals surface area contributed by atoms with Crippen LogP contribution in [-0.2, 0) is 14.3 Å². The zero-order valence-electron chi connectivity index (χ0n) is 19.1. The molecule has 0 saturated carbocycles. The summed E-state index contributed by atoms with van der Waals surface area (Å²) >= 11 is 0. The Morgan fingerprint density at radius 1 is 0.970 bits per heavy atom. The van der Waals surface area contributed by atoms with E-state index in [-0.39, 0.29) is 30.4 Å². The largest absolute Gasteiger partial charge is 0.372 e. The van der Waals surface area contributed by atoms with Gasteiger partial charge in [-0.25, -0.2) is 4.68 Å². The summed E-state index contributed by atoms with van der Waals surface area (Å²) in [5, 5.41) is 7.70. The van der Waals surface area contributed by atoms with E-state index >= 15 is 0 Å². The molecule has 1 aliphatic heterocycles. The lowest BCUT2D eigenvalue weighted by Gasteiger charge is -2.35. The van der Waals surface area contributed by atoms with Crippen LogP contribution < -0.4 is 5.32 Å². The summed E-state index contributed by atoms with van der Waals surface area (Å²) in [6, 6.07) is 21.4. The lowest BCUT2D eigenvalue weighted by atomic mass is 10.1. The van der Waals surface area contributed by atoms with Gasteiger partial charge in [0.1, 0.15) is 5.82 Å². The second kappa shape index (κ2) is 10.4. The molecule has 2 atom stereocenters. The quantitative estimate of drug-likeness (QED) is 0.588. The number of carbonyl (C=O) groups excluding carboxylic acids is 2. The highest BCUT2D eigenvalue weighted by atomic mass is 16.5. The Balaban J connectivity index is 1.40. The van der Waals surface area contributed by atoms with Gasteiger partial charge in [-0.3, -0.25) is 9.59 Å². The van der Waals surface area contributed by atoms with Crippen molar-refractivity contribution < 1.29 is 14.3 Å². The summed E-state index contributed by atoms with van der Waals surface area (Å²) < 4.78 is 7.43. The Morgan fingerprint density at radius 2 is 1.61 bits per heavy atom. The van der Waals surface area contributed by atoms with Crippen molar-refractivity contribution in [1.82, 2.24) is 14.7 Å². The van der Waals surface area contributed by atoms with Crippen LogP contribution in [-0.4, -0.2) is 51.8 Å². The minimum Gasteiger partial charge on any atom is -0.372 e. The Kier molecular flexibility index (Phi) is 7.19. The van der Waals surface area contributed by atoms with Gasteiger partial charge in [0.25, 0.3) is 0 Å². The molecule has 1 N–H and O–H groups in total. The molecule has 1 aliphatic rings. The van der Waals surface area contributed by atoms with Crippen LogP contribution in [0.1, 0.15) is 33.1 Å². The van der Waals surface area contributed by atoms with E-state index in [0.717, 1.165) is 16.9 Å². The van der Waals surface area contributed by atoms with Crippen molar-refractivity contribution in [2.45, 2.75) is 45.3 Å². The van der Waals surface area contributed by atoms with E-state index in [1.54, 1.807) is 4.68 Å². The number of para-hydroxylation sites is 1. The third kappa shape index (κ3) is 5.87. The molecule has 0 spiro atoms. The van der Waals surface area contributed by atoms with E-state index in [9.17, 15) is 9.59 Å². The fraction of sp³-hybridized carbons (Fsp3) is 0.346. The van der Waals surface area contributed by atoms with E-state index < -0.39 is 0 Å². The first-order chi connectivity index (χ1) is 16.0. The van der Waals surface area contributed by atoms with Crippen molar-refractivity contribution in [3.8, 4) is 16.9 Å². The van der Waals surface area contributed by atoms with Crippen molar-refractivity contribution >= 4 is 17.6 Å². The number of rotatable bonds is 7. The number of hydrogen-bond donors (Lipinski definition) is 1. The number of aromatic nitrogens is 2. The third-order valence-electron chi connectivity index (χ3n) is 5.61. The van der Waals surface area contributed by atoms with Gasteiger partial charge in [0.2, 0.25) is 11.8 Å². The van der Waals surface area contributed by atoms with Crippen molar-refractivity contribution in [2.24, 2.45) is 0 Å². The number of hydrogen-bond acceptors (Lipinski definition) is 4. The number of anilines is 1. The number of benzene rings is 2. The maximum atomic E-state index is 12.7. The van der Waals surface area contributed by atoms with Crippen LogP contribution in [0.15, 0.2) is 66.7 Å². The van der Waals surface area contributed by atoms with Gasteiger partial charge < -0.3 is 15.0 Å². The molecule has 1 fully saturated rings. The fourth-order valence-corrected chi connectivity index (χ4v) is 4.13. The highest BCUT2D eigenvalue weighted by Crippen LogP contribution is 2.25. The number of nitrogens with one attached hydrogen (secondary N) is 1. The molecular weight excluding hydrogens is 416 g/mol. The topological polar surface area (TPSA) is 76.5 Å². The molecule has 33 heavy (non-hydrogen) atoms. The third-order valence-corrected chi connectivity index (χ3v) is 5.61. The Labute approximate surface area is 194 Å². The molecule has 7 heteroatoms. The molecule has 7 nitrogen and oxygen atoms in total. The average Bonchev–Trinajstić information content (AvgIpc) is 3.23. The summed E-state index contributed by atoms with van der Waals surface area (Å²) in [6.07, 6.45) is 1.19. The average molecular weight is 447 g/mol. The number of nitrogens with zero attached hydrogens (tertiary/aromatic N) is 3. The number of amides is 2. The van der Waals surface area contributed by atoms with Crippen molar-refractivity contribution in [2.75, 3.05) is 18.4 Å². The Bertz CT molecular complexity index is 1070. The zero-order valence-corrected chi connectivity index (χ0v) is 19.1. The molecular formula is C26H30N4O3. The van der Waals surface area contributed by atoms with Gasteiger partial charge in [0.05, 0.1) is 23.6 Å². The minimum absolute atomic E-state index is 0.0399. The number of morpholine rings is 1. The molecule has 0 radical (unpaired) electrons. The molecule has 1 aromatic heterocycles. The van der Waals surface area contributed by atoms with Crippen LogP contribution in [0.2, 0.25) is 0 Å². The highest BCUT2D eigenvalue weighted by Gasteiger charge is 2.25. The van der Waals surface area contributed by atoms with Crippen molar-refractivity contribution in [3.63, 3.8) is 0 Å². The maximum Gasteiger partial charge on any atom is 0.225 e. The highest BCUT2D eigenvalue weighted by molar-refractivity contribution is 5.91. The van der Waals surface area contributed by atoms with Gasteiger partial charge in [-0.2, -0.15) is 5.10 Å². The molecule has 2 aromatic carbocycles. The standard InChI is InChI=1S/C26H30N4O3/c1-19-17-29(18-20(2)33-19)26(32)15-9-14-25(31)27-24-16-23(21-10-5-3-6-11-21)28-30(24)22-12-7-4-8-13-22/h3-8,10-13,16,19-20H,9,14-15,17-18H2,1-2H3,(H,27,31). The smallest absolute Gasteiger partial charge is 0.225 e. The lowest BCUT2D eigenvalue weighted by Crippen LogP contribution is -2.48. The molecule has 2 unspecified atom stereocenters. The maximum absolute atomic E-state index is 12.7. The van der Waals surface area contributed by atoms with Gasteiger partial charge in [-0.15, -0.1) is 0 Å². The lowest BCUT2D eigenvalue weighted by molar-refractivity contribution is -0.143. The van der Waals surface area contributed by atoms with E-state index in [1.165, 1.54) is 0 Å². The summed E-state index contributed by atoms with van der Waals surface area (Å²) in [5.74, 6) is 0.543. The monoisotopic (exact) mass is 446 g/mol. The first kappa shape index (κ1) is 22.7. The number of carbonyl (C=O) groups is 2. The van der Waals surface area contributed by atoms with Crippen molar-refractivity contribution in [3.05, 3.63) is 66.7 Å². The van der Waals surface area contributed by atoms with Gasteiger partial charge in [-0.1, -0.05) is 48.5 Å². The first-order valence-electron chi connectivity index (χ1n) is 11.4. The van der Waals surface area contributed by atoms with Crippen LogP contribution in [0.25, 0.3) is 16.9 Å². The minimum atomic E-state index is -0.136. The second-order valence-electron chi connectivity index (χ2n) is 8.49. The predicted octanol–water partition coefficient (Wildman–Crippen LogP) is 4.28. The summed E-state index contributed by atoms with van der Waals surface area (Å²) in [4.78, 5) is 27.1. The van der Waals surface area contributed by atoms with Gasteiger partial charge in [0.15, 0.2) is 0 Å². The molecule has 3 aromatic rings. The summed E-state index contributed by atoms with van der Waals surface area (Å²) in [7, 11) is 0. The molecule has 2 heterocycles. The van der Waals surface area contributed by atoms with Crippen LogP contribution in [0, 0.1) is 0 Å². The first-order valence-corrected chi connectivity index (χ1v) is 11.4. The Morgan fingerprint density at radius 3 is 2.27 bits per heavy atom. The SMILES string of the molecule is CC1CN(C(=O)CCCC(=O)Nc2cc(-c3ccccc3)nn2-c2ccccc2)CC(C)O1. The van der Waals surface area contributed by atoms with Gasteiger partial charge in [-0.05, 0) is 32.4 Å². The van der Waals surface area contributed by atoms with Crippen LogP contribution in [0.3, 0.4) is 0 Å². The fourth-order valence-electron chi connectivity index (χ4n) is 4.13. The second-order valence-corrected chi connectivity index (χ2v) is 8.49. The molecule has 0 bridgehead atoms. The van der Waals surface area contributed by atoms with E-state index in [1.807, 2.05) is 85.5 Å². The number of ether oxygens (including phenoxy) is 1. The van der Waals surface area contributed by atoms with Crippen molar-refractivity contribution in [1.29, 1.82) is 0 Å². The van der Waals surface area contributed by atoms with Gasteiger partial charge >= 0.3 is 0 Å². The van der Waals surface area contributed by atoms with Crippen LogP contribution in [0.4, 0.5) is 5.82 Å². The van der Waals surface area contributed by atoms with E-state index in [0.29, 0.717) is 31.7 Å². The summed E-state index contributed by atoms with van der Waals surface area (Å²) in [6.45, 7) is 5.16. The molecule has 4 rings (SSSR count). The van der Waals surface area contributed by atoms with Gasteiger partial charge in [0, 0.05) is 37.6 Å². The molecule has 2 amide bonds. The Hall–Kier alpha value is -3.45. The molecule has 0 aliphatic carbocycles. The van der Waals surface area contributed by atoms with E-state index in [4.69, 9.17) is 9.84 Å².